The van der Waals surface area contributed by atoms with Gasteiger partial charge in [0.15, 0.2) is 9.84 Å². The molecule has 2 N–H and O–H groups in total. The lowest BCUT2D eigenvalue weighted by atomic mass is 9.78. The van der Waals surface area contributed by atoms with Gasteiger partial charge in [-0.15, -0.1) is 0 Å². The van der Waals surface area contributed by atoms with Crippen LogP contribution in [0.25, 0.3) is 0 Å². The Morgan fingerprint density at radius 1 is 1.06 bits per heavy atom. The monoisotopic (exact) mass is 457 g/mol. The Balaban J connectivity index is 1.80. The van der Waals surface area contributed by atoms with E-state index in [2.05, 4.69) is 19.1 Å². The highest BCUT2D eigenvalue weighted by atomic mass is 32.2. The predicted molar refractivity (Wildman–Crippen MR) is 124 cm³/mol. The Labute approximate surface area is 189 Å². The van der Waals surface area contributed by atoms with Crippen LogP contribution in [0.5, 0.6) is 0 Å². The van der Waals surface area contributed by atoms with Crippen LogP contribution in [-0.2, 0) is 19.4 Å². The first-order chi connectivity index (χ1) is 14.7. The molecule has 2 fully saturated rings. The van der Waals surface area contributed by atoms with Gasteiger partial charge in [0.1, 0.15) is 0 Å². The predicted octanol–water partition coefficient (Wildman–Crippen LogP) is 4.81. The fourth-order valence-electron chi connectivity index (χ4n) is 4.99. The summed E-state index contributed by atoms with van der Waals surface area (Å²) < 4.78 is 31.6. The molecular weight excluding hydrogens is 414 g/mol. The lowest BCUT2D eigenvalue weighted by Crippen LogP contribution is -2.34. The molecule has 0 aromatic heterocycles. The first kappa shape index (κ1) is 26.3. The molecule has 0 aromatic rings. The van der Waals surface area contributed by atoms with Gasteiger partial charge >= 0.3 is 0 Å². The van der Waals surface area contributed by atoms with Crippen LogP contribution >= 0.6 is 0 Å². The average Bonchev–Trinajstić information content (AvgIpc) is 3.31. The van der Waals surface area contributed by atoms with E-state index >= 15 is 0 Å². The second kappa shape index (κ2) is 12.4. The van der Waals surface area contributed by atoms with Gasteiger partial charge in [-0.2, -0.15) is 0 Å². The number of sulfone groups is 1. The van der Waals surface area contributed by atoms with Gasteiger partial charge in [0, 0.05) is 11.3 Å². The number of hydrogen-bond acceptors (Lipinski definition) is 5. The number of carbonyl (C=O) groups is 1. The molecule has 0 aliphatic carbocycles. The molecule has 1 amide bonds. The van der Waals surface area contributed by atoms with E-state index in [4.69, 9.17) is 9.94 Å². The standard InChI is InChI=1S/C24H43NO5S/c1-4-5-6-7-8-12-17-31(28,29)18-20-19(21-14-15-22(20)30-21)13-10-9-11-16-24(2,3)23(26)25-27/h9-10,19-22,27H,4-8,11-18H2,1-3H3,(H,25,26)/t19-,20+,21-,22+/m0/s1. The number of carbonyl (C=O) groups excluding carboxylic acids is 1. The highest BCUT2D eigenvalue weighted by Gasteiger charge is 2.49. The van der Waals surface area contributed by atoms with Crippen LogP contribution in [0.2, 0.25) is 0 Å². The number of rotatable bonds is 15. The Kier molecular flexibility index (Phi) is 10.5. The van der Waals surface area contributed by atoms with Crippen molar-refractivity contribution in [2.45, 2.75) is 104 Å². The van der Waals surface area contributed by atoms with Crippen molar-refractivity contribution in [1.29, 1.82) is 0 Å². The van der Waals surface area contributed by atoms with Crippen LogP contribution in [0.1, 0.15) is 91.4 Å². The lowest BCUT2D eigenvalue weighted by molar-refractivity contribution is -0.138. The van der Waals surface area contributed by atoms with Gasteiger partial charge < -0.3 is 4.74 Å². The maximum Gasteiger partial charge on any atom is 0.248 e. The minimum Gasteiger partial charge on any atom is -0.374 e. The third-order valence-electron chi connectivity index (χ3n) is 7.07. The molecule has 0 unspecified atom stereocenters. The molecule has 7 heteroatoms. The minimum absolute atomic E-state index is 0.0925. The van der Waals surface area contributed by atoms with Crippen molar-refractivity contribution in [3.8, 4) is 0 Å². The largest absolute Gasteiger partial charge is 0.374 e. The van der Waals surface area contributed by atoms with Crippen molar-refractivity contribution in [3.05, 3.63) is 12.2 Å². The average molecular weight is 458 g/mol. The zero-order chi connectivity index (χ0) is 22.9. The Hall–Kier alpha value is -0.920. The zero-order valence-electron chi connectivity index (χ0n) is 19.6. The molecule has 0 radical (unpaired) electrons. The number of unbranched alkanes of at least 4 members (excludes halogenated alkanes) is 5. The SMILES string of the molecule is CCCCCCCCS(=O)(=O)C[C@@H]1[C@H](CC=CCCC(C)(C)C(=O)NO)[C@@H]2CC[C@H]1O2. The third kappa shape index (κ3) is 8.17. The summed E-state index contributed by atoms with van der Waals surface area (Å²) in [6.07, 6.45) is 15.2. The molecule has 31 heavy (non-hydrogen) atoms. The lowest BCUT2D eigenvalue weighted by Gasteiger charge is -2.27. The summed E-state index contributed by atoms with van der Waals surface area (Å²) in [7, 11) is -3.05. The highest BCUT2D eigenvalue weighted by molar-refractivity contribution is 7.91. The fraction of sp³-hybridized carbons (Fsp3) is 0.875. The van der Waals surface area contributed by atoms with Gasteiger partial charge in [0.05, 0.1) is 23.7 Å². The zero-order valence-corrected chi connectivity index (χ0v) is 20.5. The van der Waals surface area contributed by atoms with E-state index < -0.39 is 15.3 Å². The van der Waals surface area contributed by atoms with Crippen molar-refractivity contribution in [3.63, 3.8) is 0 Å². The Morgan fingerprint density at radius 3 is 2.39 bits per heavy atom. The molecule has 0 spiro atoms. The molecule has 2 rings (SSSR count). The number of amides is 1. The van der Waals surface area contributed by atoms with Crippen LogP contribution < -0.4 is 5.48 Å². The van der Waals surface area contributed by atoms with Crippen molar-refractivity contribution in [2.24, 2.45) is 17.3 Å². The van der Waals surface area contributed by atoms with Gasteiger partial charge in [-0.25, -0.2) is 13.9 Å². The van der Waals surface area contributed by atoms with Crippen molar-refractivity contribution in [2.75, 3.05) is 11.5 Å². The molecular formula is C24H43NO5S. The molecule has 2 saturated heterocycles. The smallest absolute Gasteiger partial charge is 0.248 e. The van der Waals surface area contributed by atoms with E-state index in [-0.39, 0.29) is 35.7 Å². The summed E-state index contributed by atoms with van der Waals surface area (Å²) in [6, 6.07) is 0. The molecule has 4 atom stereocenters. The second-order valence-electron chi connectivity index (χ2n) is 10.1. The fourth-order valence-corrected chi connectivity index (χ4v) is 6.85. The summed E-state index contributed by atoms with van der Waals surface area (Å²) in [4.78, 5) is 11.7. The molecule has 2 heterocycles. The summed E-state index contributed by atoms with van der Waals surface area (Å²) in [5.41, 5.74) is 1.10. The molecule has 6 nitrogen and oxygen atoms in total. The highest BCUT2D eigenvalue weighted by Crippen LogP contribution is 2.45. The Morgan fingerprint density at radius 2 is 1.71 bits per heavy atom. The minimum atomic E-state index is -3.05. The molecule has 2 aliphatic rings. The number of ether oxygens (including phenoxy) is 1. The van der Waals surface area contributed by atoms with Crippen molar-refractivity contribution < 1.29 is 23.2 Å². The van der Waals surface area contributed by atoms with Crippen LogP contribution in [0.3, 0.4) is 0 Å². The van der Waals surface area contributed by atoms with E-state index in [1.807, 2.05) is 0 Å². The summed E-state index contributed by atoms with van der Waals surface area (Å²) in [5.74, 6) is 0.550. The van der Waals surface area contributed by atoms with Crippen LogP contribution in [0.15, 0.2) is 12.2 Å². The van der Waals surface area contributed by atoms with Crippen molar-refractivity contribution >= 4 is 15.7 Å². The van der Waals surface area contributed by atoms with Gasteiger partial charge in [-0.3, -0.25) is 10.0 Å². The number of nitrogens with one attached hydrogen (secondary N) is 1. The van der Waals surface area contributed by atoms with Crippen LogP contribution in [0.4, 0.5) is 0 Å². The number of hydroxylamine groups is 1. The molecule has 180 valence electrons. The van der Waals surface area contributed by atoms with Crippen molar-refractivity contribution in [1.82, 2.24) is 5.48 Å². The van der Waals surface area contributed by atoms with Gasteiger partial charge in [0.25, 0.3) is 0 Å². The van der Waals surface area contributed by atoms with Gasteiger partial charge in [0.2, 0.25) is 5.91 Å². The molecule has 0 saturated carbocycles. The van der Waals surface area contributed by atoms with E-state index in [9.17, 15) is 13.2 Å². The Bertz CT molecular complexity index is 688. The molecule has 2 aliphatic heterocycles. The first-order valence-corrected chi connectivity index (χ1v) is 14.0. The van der Waals surface area contributed by atoms with E-state index in [0.717, 1.165) is 44.9 Å². The number of fused-ring (bicyclic) bond motifs is 2. The quantitative estimate of drug-likeness (QED) is 0.159. The molecule has 2 bridgehead atoms. The molecule has 0 aromatic carbocycles. The summed E-state index contributed by atoms with van der Waals surface area (Å²) >= 11 is 0. The summed E-state index contributed by atoms with van der Waals surface area (Å²) in [5, 5.41) is 8.82. The second-order valence-corrected chi connectivity index (χ2v) is 12.3. The number of hydrogen-bond donors (Lipinski definition) is 2. The van der Waals surface area contributed by atoms with E-state index in [0.29, 0.717) is 12.2 Å². The maximum atomic E-state index is 12.7. The van der Waals surface area contributed by atoms with Crippen LogP contribution in [0, 0.1) is 17.3 Å². The topological polar surface area (TPSA) is 92.7 Å². The number of allylic oxidation sites excluding steroid dienone is 2. The van der Waals surface area contributed by atoms with Gasteiger partial charge in [-0.05, 0) is 44.4 Å². The van der Waals surface area contributed by atoms with Gasteiger partial charge in [-0.1, -0.05) is 65.0 Å². The van der Waals surface area contributed by atoms with E-state index in [1.54, 1.807) is 19.3 Å². The van der Waals surface area contributed by atoms with E-state index in [1.165, 1.54) is 19.3 Å². The first-order valence-electron chi connectivity index (χ1n) is 12.2. The summed E-state index contributed by atoms with van der Waals surface area (Å²) in [6.45, 7) is 5.80. The third-order valence-corrected chi connectivity index (χ3v) is 8.88. The normalized spacial score (nSPS) is 26.1. The maximum absolute atomic E-state index is 12.7. The van der Waals surface area contributed by atoms with Crippen LogP contribution in [-0.4, -0.2) is 43.2 Å².